The van der Waals surface area contributed by atoms with Crippen LogP contribution in [0.2, 0.25) is 0 Å². The Kier molecular flexibility index (Phi) is 4.97. The fraction of sp³-hybridized carbons (Fsp3) is 0.647. The lowest BCUT2D eigenvalue weighted by atomic mass is 9.96. The minimum absolute atomic E-state index is 0.148. The molecule has 0 unspecified atom stereocenters. The standard InChI is InChI=1S/C17H25N5O2/c1-12(2)22-13(3)9-14(19-22)11-24-17(23)16-10-21(20-18-16)15-7-5-4-6-8-15/h9-10,12,15H,4-8,11H2,1-3H3. The molecule has 1 fully saturated rings. The van der Waals surface area contributed by atoms with Gasteiger partial charge in [0.2, 0.25) is 0 Å². The summed E-state index contributed by atoms with van der Waals surface area (Å²) >= 11 is 0. The van der Waals surface area contributed by atoms with Crippen LogP contribution >= 0.6 is 0 Å². The SMILES string of the molecule is Cc1cc(COC(=O)c2cn(C3CCCCC3)nn2)nn1C(C)C. The predicted molar refractivity (Wildman–Crippen MR) is 88.6 cm³/mol. The Labute approximate surface area is 142 Å². The molecule has 2 aromatic heterocycles. The van der Waals surface area contributed by atoms with Crippen molar-refractivity contribution in [3.05, 3.63) is 29.3 Å². The molecule has 0 atom stereocenters. The number of aryl methyl sites for hydroxylation is 1. The molecule has 7 nitrogen and oxygen atoms in total. The van der Waals surface area contributed by atoms with Gasteiger partial charge in [0.05, 0.1) is 12.2 Å². The smallest absolute Gasteiger partial charge is 0.360 e. The molecule has 0 amide bonds. The second-order valence-corrected chi connectivity index (χ2v) is 6.77. The highest BCUT2D eigenvalue weighted by molar-refractivity contribution is 5.86. The van der Waals surface area contributed by atoms with Gasteiger partial charge in [0.25, 0.3) is 0 Å². The molecule has 0 saturated heterocycles. The van der Waals surface area contributed by atoms with Crippen LogP contribution in [0.25, 0.3) is 0 Å². The average Bonchev–Trinajstić information content (AvgIpc) is 3.20. The fourth-order valence-electron chi connectivity index (χ4n) is 3.25. The third kappa shape index (κ3) is 3.66. The van der Waals surface area contributed by atoms with Crippen LogP contribution in [-0.4, -0.2) is 30.7 Å². The van der Waals surface area contributed by atoms with Gasteiger partial charge >= 0.3 is 5.97 Å². The molecule has 1 saturated carbocycles. The van der Waals surface area contributed by atoms with E-state index in [0.29, 0.717) is 6.04 Å². The van der Waals surface area contributed by atoms with Gasteiger partial charge in [-0.1, -0.05) is 24.5 Å². The zero-order chi connectivity index (χ0) is 17.1. The van der Waals surface area contributed by atoms with Crippen LogP contribution in [-0.2, 0) is 11.3 Å². The number of nitrogens with zero attached hydrogens (tertiary/aromatic N) is 5. The number of hydrogen-bond donors (Lipinski definition) is 0. The summed E-state index contributed by atoms with van der Waals surface area (Å²) in [6.45, 7) is 6.28. The summed E-state index contributed by atoms with van der Waals surface area (Å²) in [6, 6.07) is 2.58. The lowest BCUT2D eigenvalue weighted by Gasteiger charge is -2.20. The third-order valence-corrected chi connectivity index (χ3v) is 4.48. The minimum atomic E-state index is -0.450. The third-order valence-electron chi connectivity index (χ3n) is 4.48. The normalized spacial score (nSPS) is 15.8. The molecule has 7 heteroatoms. The first-order chi connectivity index (χ1) is 11.5. The molecule has 0 aliphatic heterocycles. The fourth-order valence-corrected chi connectivity index (χ4v) is 3.25. The molecule has 3 rings (SSSR count). The van der Waals surface area contributed by atoms with E-state index in [4.69, 9.17) is 4.74 Å². The van der Waals surface area contributed by atoms with Crippen molar-refractivity contribution in [2.24, 2.45) is 0 Å². The molecule has 2 heterocycles. The summed E-state index contributed by atoms with van der Waals surface area (Å²) in [6.07, 6.45) is 7.61. The molecular weight excluding hydrogens is 306 g/mol. The molecule has 0 radical (unpaired) electrons. The Balaban J connectivity index is 1.59. The maximum atomic E-state index is 12.2. The number of hydrogen-bond acceptors (Lipinski definition) is 5. The first-order valence-electron chi connectivity index (χ1n) is 8.68. The van der Waals surface area contributed by atoms with Crippen molar-refractivity contribution in [1.29, 1.82) is 0 Å². The van der Waals surface area contributed by atoms with Crippen molar-refractivity contribution in [2.45, 2.75) is 71.6 Å². The Morgan fingerprint density at radius 1 is 1.33 bits per heavy atom. The second kappa shape index (κ2) is 7.15. The highest BCUT2D eigenvalue weighted by Gasteiger charge is 2.20. The molecule has 0 bridgehead atoms. The van der Waals surface area contributed by atoms with E-state index in [2.05, 4.69) is 29.3 Å². The molecule has 2 aromatic rings. The van der Waals surface area contributed by atoms with E-state index in [9.17, 15) is 4.79 Å². The van der Waals surface area contributed by atoms with Crippen molar-refractivity contribution in [2.75, 3.05) is 0 Å². The number of ether oxygens (including phenoxy) is 1. The number of rotatable bonds is 5. The van der Waals surface area contributed by atoms with Crippen LogP contribution < -0.4 is 0 Å². The first-order valence-corrected chi connectivity index (χ1v) is 8.68. The van der Waals surface area contributed by atoms with Crippen LogP contribution in [0.5, 0.6) is 0 Å². The lowest BCUT2D eigenvalue weighted by molar-refractivity contribution is 0.0459. The largest absolute Gasteiger partial charge is 0.454 e. The van der Waals surface area contributed by atoms with Crippen LogP contribution in [0.3, 0.4) is 0 Å². The van der Waals surface area contributed by atoms with Gasteiger partial charge in [-0.05, 0) is 39.7 Å². The molecular formula is C17H25N5O2. The summed E-state index contributed by atoms with van der Waals surface area (Å²) < 4.78 is 9.06. The maximum Gasteiger partial charge on any atom is 0.360 e. The summed E-state index contributed by atoms with van der Waals surface area (Å²) in [5, 5.41) is 12.5. The highest BCUT2D eigenvalue weighted by Crippen LogP contribution is 2.27. The summed E-state index contributed by atoms with van der Waals surface area (Å²) in [7, 11) is 0. The van der Waals surface area contributed by atoms with E-state index in [1.165, 1.54) is 19.3 Å². The van der Waals surface area contributed by atoms with Crippen LogP contribution in [0.15, 0.2) is 12.3 Å². The number of carbonyl (C=O) groups is 1. The Morgan fingerprint density at radius 2 is 2.08 bits per heavy atom. The maximum absolute atomic E-state index is 12.2. The number of esters is 1. The minimum Gasteiger partial charge on any atom is -0.454 e. The van der Waals surface area contributed by atoms with Crippen molar-refractivity contribution < 1.29 is 9.53 Å². The van der Waals surface area contributed by atoms with Gasteiger partial charge in [-0.15, -0.1) is 5.10 Å². The van der Waals surface area contributed by atoms with Gasteiger partial charge in [-0.3, -0.25) is 4.68 Å². The summed E-state index contributed by atoms with van der Waals surface area (Å²) in [4.78, 5) is 12.2. The second-order valence-electron chi connectivity index (χ2n) is 6.77. The Hall–Kier alpha value is -2.18. The Bertz CT molecular complexity index is 698. The molecule has 1 aliphatic rings. The van der Waals surface area contributed by atoms with Crippen LogP contribution in [0.1, 0.15) is 79.9 Å². The lowest BCUT2D eigenvalue weighted by Crippen LogP contribution is -2.13. The van der Waals surface area contributed by atoms with Crippen molar-refractivity contribution >= 4 is 5.97 Å². The summed E-state index contributed by atoms with van der Waals surface area (Å²) in [5.74, 6) is -0.450. The van der Waals surface area contributed by atoms with E-state index in [1.807, 2.05) is 22.4 Å². The van der Waals surface area contributed by atoms with Crippen molar-refractivity contribution in [1.82, 2.24) is 24.8 Å². The predicted octanol–water partition coefficient (Wildman–Crippen LogP) is 3.23. The average molecular weight is 331 g/mol. The van der Waals surface area contributed by atoms with E-state index in [1.54, 1.807) is 6.20 Å². The molecule has 24 heavy (non-hydrogen) atoms. The molecule has 0 aromatic carbocycles. The van der Waals surface area contributed by atoms with E-state index in [0.717, 1.165) is 24.2 Å². The molecule has 1 aliphatic carbocycles. The van der Waals surface area contributed by atoms with Gasteiger partial charge < -0.3 is 4.74 Å². The topological polar surface area (TPSA) is 74.8 Å². The molecule has 0 spiro atoms. The van der Waals surface area contributed by atoms with Crippen LogP contribution in [0.4, 0.5) is 0 Å². The van der Waals surface area contributed by atoms with Crippen molar-refractivity contribution in [3.8, 4) is 0 Å². The van der Waals surface area contributed by atoms with E-state index < -0.39 is 5.97 Å². The zero-order valence-electron chi connectivity index (χ0n) is 14.6. The van der Waals surface area contributed by atoms with E-state index in [-0.39, 0.29) is 18.3 Å². The Morgan fingerprint density at radius 3 is 2.75 bits per heavy atom. The van der Waals surface area contributed by atoms with Crippen LogP contribution in [0, 0.1) is 6.92 Å². The zero-order valence-corrected chi connectivity index (χ0v) is 14.6. The first kappa shape index (κ1) is 16.7. The number of carbonyl (C=O) groups excluding carboxylic acids is 1. The highest BCUT2D eigenvalue weighted by atomic mass is 16.5. The molecule has 130 valence electrons. The van der Waals surface area contributed by atoms with Gasteiger partial charge in [0.1, 0.15) is 12.3 Å². The van der Waals surface area contributed by atoms with E-state index >= 15 is 0 Å². The van der Waals surface area contributed by atoms with Gasteiger partial charge in [0.15, 0.2) is 5.69 Å². The van der Waals surface area contributed by atoms with Gasteiger partial charge in [0, 0.05) is 11.7 Å². The quantitative estimate of drug-likeness (QED) is 0.786. The van der Waals surface area contributed by atoms with Crippen molar-refractivity contribution in [3.63, 3.8) is 0 Å². The summed E-state index contributed by atoms with van der Waals surface area (Å²) in [5.41, 5.74) is 2.06. The molecule has 0 N–H and O–H groups in total. The van der Waals surface area contributed by atoms with Gasteiger partial charge in [-0.2, -0.15) is 5.10 Å². The number of aromatic nitrogens is 5. The monoisotopic (exact) mass is 331 g/mol. The van der Waals surface area contributed by atoms with Gasteiger partial charge in [-0.25, -0.2) is 9.48 Å².